The van der Waals surface area contributed by atoms with Crippen LogP contribution in [0.1, 0.15) is 47.3 Å². The Kier molecular flexibility index (Phi) is 4.12. The lowest BCUT2D eigenvalue weighted by atomic mass is 9.68. The van der Waals surface area contributed by atoms with Crippen LogP contribution in [0, 0.1) is 5.92 Å². The molecule has 3 aromatic rings. The van der Waals surface area contributed by atoms with Crippen LogP contribution in [0.25, 0.3) is 6.08 Å². The molecule has 5 rings (SSSR count). The number of aromatic amines is 1. The minimum atomic E-state index is -0.244. The number of benzene rings is 2. The highest BCUT2D eigenvalue weighted by Crippen LogP contribution is 2.42. The van der Waals surface area contributed by atoms with E-state index in [2.05, 4.69) is 88.2 Å². The standard InChI is InChI=1S/C24H23N3O/c28-27-22(17-8-7-9-17)23-20-14-15-24(16-21(20)25-26-23,18-10-3-1-4-11-18)19-12-5-2-6-13-19/h1-6,10-15,17,28H,7-9,16H2,(H,25,26). The first-order chi connectivity index (χ1) is 13.8. The summed E-state index contributed by atoms with van der Waals surface area (Å²) in [4.78, 5) is 0. The van der Waals surface area contributed by atoms with E-state index in [1.165, 1.54) is 17.5 Å². The third-order valence-electron chi connectivity index (χ3n) is 6.29. The van der Waals surface area contributed by atoms with Gasteiger partial charge in [0.1, 0.15) is 11.4 Å². The molecule has 2 aliphatic rings. The summed E-state index contributed by atoms with van der Waals surface area (Å²) in [6.45, 7) is 0. The number of hydrogen-bond acceptors (Lipinski definition) is 3. The van der Waals surface area contributed by atoms with Gasteiger partial charge >= 0.3 is 0 Å². The molecule has 4 nitrogen and oxygen atoms in total. The van der Waals surface area contributed by atoms with Crippen LogP contribution < -0.4 is 0 Å². The van der Waals surface area contributed by atoms with Crippen molar-refractivity contribution in [1.82, 2.24) is 10.2 Å². The van der Waals surface area contributed by atoms with Crippen molar-refractivity contribution >= 4 is 11.8 Å². The molecule has 0 unspecified atom stereocenters. The van der Waals surface area contributed by atoms with Crippen molar-refractivity contribution in [3.63, 3.8) is 0 Å². The number of oxime groups is 1. The van der Waals surface area contributed by atoms with E-state index in [-0.39, 0.29) is 5.41 Å². The van der Waals surface area contributed by atoms with Crippen molar-refractivity contribution in [1.29, 1.82) is 0 Å². The molecule has 28 heavy (non-hydrogen) atoms. The quantitative estimate of drug-likeness (QED) is 0.389. The van der Waals surface area contributed by atoms with Crippen molar-refractivity contribution in [3.05, 3.63) is 94.8 Å². The molecule has 1 saturated carbocycles. The molecule has 0 atom stereocenters. The summed E-state index contributed by atoms with van der Waals surface area (Å²) in [7, 11) is 0. The monoisotopic (exact) mass is 369 g/mol. The van der Waals surface area contributed by atoms with Crippen LogP contribution in [0.5, 0.6) is 0 Å². The topological polar surface area (TPSA) is 61.3 Å². The highest BCUT2D eigenvalue weighted by atomic mass is 16.4. The third-order valence-corrected chi connectivity index (χ3v) is 6.29. The van der Waals surface area contributed by atoms with Crippen LogP contribution in [-0.4, -0.2) is 21.1 Å². The third kappa shape index (κ3) is 2.60. The van der Waals surface area contributed by atoms with Crippen molar-refractivity contribution in [2.45, 2.75) is 31.1 Å². The van der Waals surface area contributed by atoms with Gasteiger partial charge in [-0.25, -0.2) is 0 Å². The van der Waals surface area contributed by atoms with Crippen molar-refractivity contribution in [2.75, 3.05) is 0 Å². The second-order valence-corrected chi connectivity index (χ2v) is 7.79. The number of H-pyrrole nitrogens is 1. The summed E-state index contributed by atoms with van der Waals surface area (Å²) in [5, 5.41) is 21.0. The van der Waals surface area contributed by atoms with Crippen LogP contribution in [0.4, 0.5) is 0 Å². The molecule has 0 radical (unpaired) electrons. The fourth-order valence-electron chi connectivity index (χ4n) is 4.50. The Bertz CT molecular complexity index is 991. The first-order valence-corrected chi connectivity index (χ1v) is 9.92. The number of hydrogen-bond donors (Lipinski definition) is 2. The van der Waals surface area contributed by atoms with Crippen LogP contribution >= 0.6 is 0 Å². The highest BCUT2D eigenvalue weighted by molar-refractivity contribution is 6.03. The van der Waals surface area contributed by atoms with E-state index in [1.807, 2.05) is 0 Å². The lowest BCUT2D eigenvalue weighted by molar-refractivity contribution is 0.305. The number of fused-ring (bicyclic) bond motifs is 1. The lowest BCUT2D eigenvalue weighted by Crippen LogP contribution is -2.31. The minimum Gasteiger partial charge on any atom is -0.411 e. The minimum absolute atomic E-state index is 0.244. The Hall–Kier alpha value is -3.14. The molecule has 2 aliphatic carbocycles. The summed E-state index contributed by atoms with van der Waals surface area (Å²) in [5.74, 6) is 0.320. The van der Waals surface area contributed by atoms with Gasteiger partial charge in [-0.15, -0.1) is 0 Å². The highest BCUT2D eigenvalue weighted by Gasteiger charge is 2.38. The molecular formula is C24H23N3O. The van der Waals surface area contributed by atoms with Gasteiger partial charge in [0, 0.05) is 29.0 Å². The normalized spacial score (nSPS) is 18.5. The van der Waals surface area contributed by atoms with E-state index in [1.54, 1.807) is 0 Å². The van der Waals surface area contributed by atoms with E-state index in [0.717, 1.165) is 41.9 Å². The maximum atomic E-state index is 9.60. The van der Waals surface area contributed by atoms with Crippen LogP contribution in [0.3, 0.4) is 0 Å². The van der Waals surface area contributed by atoms with E-state index >= 15 is 0 Å². The maximum absolute atomic E-state index is 9.60. The zero-order valence-corrected chi connectivity index (χ0v) is 15.7. The Labute approximate surface area is 164 Å². The van der Waals surface area contributed by atoms with Gasteiger partial charge in [-0.2, -0.15) is 5.10 Å². The smallest absolute Gasteiger partial charge is 0.117 e. The zero-order chi connectivity index (χ0) is 19.0. The van der Waals surface area contributed by atoms with Gasteiger partial charge in [0.25, 0.3) is 0 Å². The van der Waals surface area contributed by atoms with Gasteiger partial charge in [0.2, 0.25) is 0 Å². The van der Waals surface area contributed by atoms with Crippen LogP contribution in [-0.2, 0) is 11.8 Å². The fraction of sp³-hybridized carbons (Fsp3) is 0.250. The number of allylic oxidation sites excluding steroid dienone is 1. The molecule has 1 aromatic heterocycles. The maximum Gasteiger partial charge on any atom is 0.117 e. The molecule has 0 spiro atoms. The molecule has 140 valence electrons. The van der Waals surface area contributed by atoms with E-state index < -0.39 is 0 Å². The molecule has 0 aliphatic heterocycles. The molecule has 2 aromatic carbocycles. The van der Waals surface area contributed by atoms with Gasteiger partial charge < -0.3 is 5.21 Å². The first kappa shape index (κ1) is 17.0. The number of nitrogens with one attached hydrogen (secondary N) is 1. The number of rotatable bonds is 4. The summed E-state index contributed by atoms with van der Waals surface area (Å²) < 4.78 is 0. The van der Waals surface area contributed by atoms with E-state index in [4.69, 9.17) is 0 Å². The van der Waals surface area contributed by atoms with E-state index in [0.29, 0.717) is 5.92 Å². The Morgan fingerprint density at radius 3 is 2.18 bits per heavy atom. The Morgan fingerprint density at radius 1 is 1.00 bits per heavy atom. The van der Waals surface area contributed by atoms with Gasteiger partial charge in [-0.3, -0.25) is 5.10 Å². The largest absolute Gasteiger partial charge is 0.411 e. The average Bonchev–Trinajstić information content (AvgIpc) is 3.14. The molecular weight excluding hydrogens is 346 g/mol. The SMILES string of the molecule is ON=C(c1n[nH]c2c1C=CC(c1ccccc1)(c1ccccc1)C2)C1CCC1. The summed E-state index contributed by atoms with van der Waals surface area (Å²) in [6.07, 6.45) is 8.57. The summed E-state index contributed by atoms with van der Waals surface area (Å²) >= 11 is 0. The molecule has 0 saturated heterocycles. The summed E-state index contributed by atoms with van der Waals surface area (Å²) in [5.41, 5.74) is 5.94. The molecule has 4 heteroatoms. The van der Waals surface area contributed by atoms with Crippen molar-refractivity contribution in [2.24, 2.45) is 11.1 Å². The first-order valence-electron chi connectivity index (χ1n) is 9.92. The second kappa shape index (κ2) is 6.79. The number of nitrogens with zero attached hydrogens (tertiary/aromatic N) is 2. The van der Waals surface area contributed by atoms with Gasteiger partial charge in [-0.05, 0) is 24.0 Å². The zero-order valence-electron chi connectivity index (χ0n) is 15.7. The van der Waals surface area contributed by atoms with Crippen LogP contribution in [0.15, 0.2) is 71.9 Å². The van der Waals surface area contributed by atoms with Gasteiger partial charge in [0.15, 0.2) is 0 Å². The number of aromatic nitrogens is 2. The molecule has 1 heterocycles. The second-order valence-electron chi connectivity index (χ2n) is 7.79. The Balaban J connectivity index is 1.61. The van der Waals surface area contributed by atoms with Gasteiger partial charge in [-0.1, -0.05) is 84.4 Å². The predicted molar refractivity (Wildman–Crippen MR) is 111 cm³/mol. The summed E-state index contributed by atoms with van der Waals surface area (Å²) in [6, 6.07) is 21.2. The molecule has 1 fully saturated rings. The predicted octanol–water partition coefficient (Wildman–Crippen LogP) is 4.94. The van der Waals surface area contributed by atoms with Crippen LogP contribution in [0.2, 0.25) is 0 Å². The lowest BCUT2D eigenvalue weighted by Gasteiger charge is -2.34. The van der Waals surface area contributed by atoms with E-state index in [9.17, 15) is 5.21 Å². The molecule has 2 N–H and O–H groups in total. The van der Waals surface area contributed by atoms with Crippen molar-refractivity contribution < 1.29 is 5.21 Å². The van der Waals surface area contributed by atoms with Crippen molar-refractivity contribution in [3.8, 4) is 0 Å². The Morgan fingerprint density at radius 2 is 1.64 bits per heavy atom. The fourth-order valence-corrected chi connectivity index (χ4v) is 4.50. The average molecular weight is 369 g/mol. The van der Waals surface area contributed by atoms with Gasteiger partial charge in [0.05, 0.1) is 0 Å². The molecule has 0 amide bonds. The molecule has 0 bridgehead atoms.